The van der Waals surface area contributed by atoms with E-state index in [0.29, 0.717) is 4.90 Å². The first kappa shape index (κ1) is 11.9. The van der Waals surface area contributed by atoms with Gasteiger partial charge in [0.1, 0.15) is 0 Å². The van der Waals surface area contributed by atoms with Gasteiger partial charge in [-0.05, 0) is 11.6 Å². The summed E-state index contributed by atoms with van der Waals surface area (Å²) in [6, 6.07) is 3.70. The summed E-state index contributed by atoms with van der Waals surface area (Å²) in [5.74, 6) is -0.683. The Morgan fingerprint density at radius 3 is 2.53 bits per heavy atom. The largest absolute Gasteiger partial charge is 0.413 e. The SMILES string of the molecule is O=C1c2ccccc2C(C(F)(F)F)N1CCO. The van der Waals surface area contributed by atoms with Crippen LogP contribution in [0.3, 0.4) is 0 Å². The average Bonchev–Trinajstić information content (AvgIpc) is 2.53. The van der Waals surface area contributed by atoms with Crippen LogP contribution >= 0.6 is 0 Å². The van der Waals surface area contributed by atoms with Crippen LogP contribution in [0.4, 0.5) is 13.2 Å². The lowest BCUT2D eigenvalue weighted by Gasteiger charge is -2.26. The van der Waals surface area contributed by atoms with E-state index < -0.39 is 24.7 Å². The Hall–Kier alpha value is -1.56. The molecule has 1 N–H and O–H groups in total. The number of aliphatic hydroxyl groups excluding tert-OH is 1. The summed E-state index contributed by atoms with van der Waals surface area (Å²) in [5, 5.41) is 8.75. The third-order valence-corrected chi connectivity index (χ3v) is 2.71. The highest BCUT2D eigenvalue weighted by atomic mass is 19.4. The van der Waals surface area contributed by atoms with E-state index in [9.17, 15) is 18.0 Å². The number of alkyl halides is 3. The van der Waals surface area contributed by atoms with Crippen molar-refractivity contribution in [3.8, 4) is 0 Å². The van der Waals surface area contributed by atoms with E-state index in [-0.39, 0.29) is 17.7 Å². The summed E-state index contributed by atoms with van der Waals surface area (Å²) < 4.78 is 38.7. The molecule has 1 aromatic carbocycles. The fraction of sp³-hybridized carbons (Fsp3) is 0.364. The molecule has 0 saturated carbocycles. The normalized spacial score (nSPS) is 19.6. The molecule has 1 aromatic rings. The zero-order valence-corrected chi connectivity index (χ0v) is 8.74. The van der Waals surface area contributed by atoms with Crippen molar-refractivity contribution in [3.63, 3.8) is 0 Å². The van der Waals surface area contributed by atoms with Gasteiger partial charge < -0.3 is 10.0 Å². The second kappa shape index (κ2) is 4.03. The average molecular weight is 245 g/mol. The highest BCUT2D eigenvalue weighted by Crippen LogP contribution is 2.43. The van der Waals surface area contributed by atoms with Crippen molar-refractivity contribution in [2.24, 2.45) is 0 Å². The summed E-state index contributed by atoms with van der Waals surface area (Å²) >= 11 is 0. The molecule has 1 aliphatic heterocycles. The predicted molar refractivity (Wildman–Crippen MR) is 53.4 cm³/mol. The number of carbonyl (C=O) groups excluding carboxylic acids is 1. The van der Waals surface area contributed by atoms with Crippen LogP contribution < -0.4 is 0 Å². The standard InChI is InChI=1S/C11H10F3NO2/c12-11(13,14)9-7-3-1-2-4-8(7)10(17)15(9)5-6-16/h1-4,9,16H,5-6H2. The molecule has 3 nitrogen and oxygen atoms in total. The molecule has 0 spiro atoms. The lowest BCUT2D eigenvalue weighted by molar-refractivity contribution is -0.177. The first-order valence-electron chi connectivity index (χ1n) is 5.04. The van der Waals surface area contributed by atoms with Gasteiger partial charge in [0.2, 0.25) is 0 Å². The van der Waals surface area contributed by atoms with Gasteiger partial charge in [0.25, 0.3) is 5.91 Å². The number of fused-ring (bicyclic) bond motifs is 1. The molecule has 0 bridgehead atoms. The van der Waals surface area contributed by atoms with Crippen molar-refractivity contribution in [1.82, 2.24) is 4.90 Å². The molecule has 1 atom stereocenters. The van der Waals surface area contributed by atoms with Crippen LogP contribution in [0.2, 0.25) is 0 Å². The Bertz CT molecular complexity index is 445. The number of halogens is 3. The van der Waals surface area contributed by atoms with Gasteiger partial charge >= 0.3 is 6.18 Å². The molecule has 0 saturated heterocycles. The number of hydrogen-bond acceptors (Lipinski definition) is 2. The van der Waals surface area contributed by atoms with E-state index in [1.165, 1.54) is 24.3 Å². The van der Waals surface area contributed by atoms with Crippen molar-refractivity contribution in [3.05, 3.63) is 35.4 Å². The predicted octanol–water partition coefficient (Wildman–Crippen LogP) is 1.74. The number of hydrogen-bond donors (Lipinski definition) is 1. The summed E-state index contributed by atoms with van der Waals surface area (Å²) in [7, 11) is 0. The number of aliphatic hydroxyl groups is 1. The Morgan fingerprint density at radius 2 is 1.94 bits per heavy atom. The van der Waals surface area contributed by atoms with Gasteiger partial charge in [0, 0.05) is 12.1 Å². The highest BCUT2D eigenvalue weighted by Gasteiger charge is 2.51. The molecule has 0 radical (unpaired) electrons. The Kier molecular flexibility index (Phi) is 2.82. The number of β-amino-alcohol motifs (C(OH)–C–C–N with tert-alkyl or cyclic N) is 1. The summed E-state index contributed by atoms with van der Waals surface area (Å²) in [4.78, 5) is 12.4. The smallest absolute Gasteiger partial charge is 0.395 e. The molecule has 1 unspecified atom stereocenters. The Labute approximate surface area is 95.5 Å². The van der Waals surface area contributed by atoms with Crippen molar-refractivity contribution in [2.45, 2.75) is 12.2 Å². The molecule has 1 heterocycles. The van der Waals surface area contributed by atoms with Crippen LogP contribution in [0.1, 0.15) is 22.0 Å². The summed E-state index contributed by atoms with van der Waals surface area (Å²) in [5.41, 5.74) is 0.0155. The third kappa shape index (κ3) is 1.88. The third-order valence-electron chi connectivity index (χ3n) is 2.71. The summed E-state index contributed by atoms with van der Waals surface area (Å²) in [6.45, 7) is -0.815. The van der Waals surface area contributed by atoms with Crippen molar-refractivity contribution >= 4 is 5.91 Å². The van der Waals surface area contributed by atoms with Crippen molar-refractivity contribution < 1.29 is 23.1 Å². The second-order valence-electron chi connectivity index (χ2n) is 3.75. The summed E-state index contributed by atoms with van der Waals surface area (Å²) in [6.07, 6.45) is -4.53. The van der Waals surface area contributed by atoms with E-state index in [1.54, 1.807) is 0 Å². The monoisotopic (exact) mass is 245 g/mol. The molecule has 0 aliphatic carbocycles. The Balaban J connectivity index is 2.49. The van der Waals surface area contributed by atoms with E-state index in [0.717, 1.165) is 0 Å². The molecule has 0 aromatic heterocycles. The van der Waals surface area contributed by atoms with Crippen LogP contribution in [-0.2, 0) is 0 Å². The molecule has 92 valence electrons. The Morgan fingerprint density at radius 1 is 1.29 bits per heavy atom. The van der Waals surface area contributed by atoms with Gasteiger partial charge in [0.05, 0.1) is 6.61 Å². The van der Waals surface area contributed by atoms with Crippen molar-refractivity contribution in [1.29, 1.82) is 0 Å². The van der Waals surface area contributed by atoms with Gasteiger partial charge in [-0.15, -0.1) is 0 Å². The fourth-order valence-electron chi connectivity index (χ4n) is 2.06. The maximum atomic E-state index is 12.9. The minimum absolute atomic E-state index is 0.0431. The molecule has 2 rings (SSSR count). The minimum atomic E-state index is -4.53. The molecule has 0 fully saturated rings. The molecule has 1 aliphatic rings. The number of carbonyl (C=O) groups is 1. The van der Waals surface area contributed by atoms with Gasteiger partial charge in [-0.3, -0.25) is 4.79 Å². The molecule has 1 amide bonds. The zero-order valence-electron chi connectivity index (χ0n) is 8.74. The second-order valence-corrected chi connectivity index (χ2v) is 3.75. The van der Waals surface area contributed by atoms with Gasteiger partial charge in [-0.25, -0.2) is 0 Å². The van der Waals surface area contributed by atoms with Gasteiger partial charge in [0.15, 0.2) is 6.04 Å². The fourth-order valence-corrected chi connectivity index (χ4v) is 2.06. The van der Waals surface area contributed by atoms with E-state index in [2.05, 4.69) is 0 Å². The van der Waals surface area contributed by atoms with Crippen LogP contribution in [0.5, 0.6) is 0 Å². The first-order valence-corrected chi connectivity index (χ1v) is 5.04. The highest BCUT2D eigenvalue weighted by molar-refractivity contribution is 5.99. The topological polar surface area (TPSA) is 40.5 Å². The molecular weight excluding hydrogens is 235 g/mol. The maximum absolute atomic E-state index is 12.9. The quantitative estimate of drug-likeness (QED) is 0.862. The zero-order chi connectivity index (χ0) is 12.6. The number of nitrogens with zero attached hydrogens (tertiary/aromatic N) is 1. The van der Waals surface area contributed by atoms with Crippen molar-refractivity contribution in [2.75, 3.05) is 13.2 Å². The number of amides is 1. The van der Waals surface area contributed by atoms with Crippen LogP contribution in [0.15, 0.2) is 24.3 Å². The lowest BCUT2D eigenvalue weighted by atomic mass is 10.0. The van der Waals surface area contributed by atoms with Crippen LogP contribution in [-0.4, -0.2) is 35.2 Å². The minimum Gasteiger partial charge on any atom is -0.395 e. The van der Waals surface area contributed by atoms with Crippen LogP contribution in [0.25, 0.3) is 0 Å². The van der Waals surface area contributed by atoms with E-state index >= 15 is 0 Å². The molecule has 17 heavy (non-hydrogen) atoms. The van der Waals surface area contributed by atoms with Gasteiger partial charge in [-0.1, -0.05) is 18.2 Å². The van der Waals surface area contributed by atoms with Crippen LogP contribution in [0, 0.1) is 0 Å². The lowest BCUT2D eigenvalue weighted by Crippen LogP contribution is -2.38. The number of benzene rings is 1. The molecule has 6 heteroatoms. The first-order chi connectivity index (χ1) is 7.96. The van der Waals surface area contributed by atoms with Gasteiger partial charge in [-0.2, -0.15) is 13.2 Å². The molecular formula is C11H10F3NO2. The van der Waals surface area contributed by atoms with E-state index in [1.807, 2.05) is 0 Å². The maximum Gasteiger partial charge on any atom is 0.413 e. The van der Waals surface area contributed by atoms with E-state index in [4.69, 9.17) is 5.11 Å². The number of rotatable bonds is 2.